The number of guanidine groups is 1. The standard InChI is InChI=1S/C17H15F3N4O4S/c1-24-16(21)23-13(8-29(24,25)26)10-7-9(5-6-11(10)18)22-12-3-2-4-14-15(12)28-17(19,20)27-14/h2-7,13,22H,8H2,1H3,(H2,21,23). The number of ether oxygens (including phenoxy) is 2. The minimum absolute atomic E-state index is 0.00954. The zero-order chi connectivity index (χ0) is 21.0. The Bertz CT molecular complexity index is 1120. The molecule has 1 atom stereocenters. The second-order valence-electron chi connectivity index (χ2n) is 6.41. The monoisotopic (exact) mass is 428 g/mol. The van der Waals surface area contributed by atoms with Crippen LogP contribution in [-0.2, 0) is 10.0 Å². The van der Waals surface area contributed by atoms with Crippen molar-refractivity contribution in [2.75, 3.05) is 18.1 Å². The van der Waals surface area contributed by atoms with Crippen molar-refractivity contribution in [1.82, 2.24) is 4.31 Å². The van der Waals surface area contributed by atoms with E-state index in [9.17, 15) is 21.6 Å². The second kappa shape index (κ2) is 6.44. The minimum Gasteiger partial charge on any atom is -0.395 e. The predicted molar refractivity (Wildman–Crippen MR) is 98.2 cm³/mol. The Kier molecular flexibility index (Phi) is 4.26. The molecule has 2 aliphatic heterocycles. The van der Waals surface area contributed by atoms with Crippen molar-refractivity contribution in [2.45, 2.75) is 12.3 Å². The van der Waals surface area contributed by atoms with Gasteiger partial charge < -0.3 is 20.5 Å². The van der Waals surface area contributed by atoms with E-state index in [1.807, 2.05) is 0 Å². The van der Waals surface area contributed by atoms with E-state index in [-0.39, 0.29) is 28.7 Å². The highest BCUT2D eigenvalue weighted by atomic mass is 32.2. The Hall–Kier alpha value is -3.15. The van der Waals surface area contributed by atoms with Crippen LogP contribution in [-0.4, -0.2) is 37.8 Å². The summed E-state index contributed by atoms with van der Waals surface area (Å²) in [6.45, 7) is 0. The number of alkyl halides is 2. The number of halogens is 3. The van der Waals surface area contributed by atoms with Gasteiger partial charge in [0.1, 0.15) is 5.82 Å². The maximum Gasteiger partial charge on any atom is 0.586 e. The third-order valence-corrected chi connectivity index (χ3v) is 6.22. The first-order chi connectivity index (χ1) is 13.6. The first-order valence-electron chi connectivity index (χ1n) is 8.31. The second-order valence-corrected chi connectivity index (χ2v) is 8.46. The largest absolute Gasteiger partial charge is 0.586 e. The Morgan fingerprint density at radius 3 is 2.76 bits per heavy atom. The van der Waals surface area contributed by atoms with E-state index < -0.39 is 33.9 Å². The van der Waals surface area contributed by atoms with Crippen molar-refractivity contribution in [3.8, 4) is 11.5 Å². The van der Waals surface area contributed by atoms with Gasteiger partial charge >= 0.3 is 6.29 Å². The molecule has 29 heavy (non-hydrogen) atoms. The van der Waals surface area contributed by atoms with Crippen molar-refractivity contribution < 1.29 is 31.1 Å². The summed E-state index contributed by atoms with van der Waals surface area (Å²) >= 11 is 0. The molecule has 12 heteroatoms. The summed E-state index contributed by atoms with van der Waals surface area (Å²) in [5.74, 6) is -1.75. The average molecular weight is 428 g/mol. The van der Waals surface area contributed by atoms with Crippen LogP contribution in [0.3, 0.4) is 0 Å². The van der Waals surface area contributed by atoms with E-state index >= 15 is 0 Å². The van der Waals surface area contributed by atoms with Crippen LogP contribution in [0.2, 0.25) is 0 Å². The minimum atomic E-state index is -3.79. The molecule has 2 heterocycles. The molecule has 0 fully saturated rings. The number of sulfonamides is 1. The van der Waals surface area contributed by atoms with Gasteiger partial charge in [-0.25, -0.2) is 22.1 Å². The van der Waals surface area contributed by atoms with Crippen LogP contribution < -0.4 is 20.5 Å². The summed E-state index contributed by atoms with van der Waals surface area (Å²) in [5.41, 5.74) is 6.10. The normalized spacial score (nSPS) is 21.6. The summed E-state index contributed by atoms with van der Waals surface area (Å²) in [5, 5.41) is 2.84. The first kappa shape index (κ1) is 19.2. The van der Waals surface area contributed by atoms with Crippen LogP contribution in [0.15, 0.2) is 41.4 Å². The number of nitrogens with two attached hydrogens (primary N) is 1. The first-order valence-corrected chi connectivity index (χ1v) is 9.92. The molecule has 0 bridgehead atoms. The summed E-state index contributed by atoms with van der Waals surface area (Å²) in [6, 6.07) is 7.03. The van der Waals surface area contributed by atoms with Gasteiger partial charge in [-0.3, -0.25) is 0 Å². The fourth-order valence-electron chi connectivity index (χ4n) is 2.99. The molecule has 2 aliphatic rings. The average Bonchev–Trinajstić information content (AvgIpc) is 2.96. The predicted octanol–water partition coefficient (Wildman–Crippen LogP) is 2.52. The Morgan fingerprint density at radius 2 is 2.03 bits per heavy atom. The van der Waals surface area contributed by atoms with E-state index in [0.29, 0.717) is 5.69 Å². The Labute approximate surface area is 163 Å². The quantitative estimate of drug-likeness (QED) is 0.778. The summed E-state index contributed by atoms with van der Waals surface area (Å²) in [6.07, 6.45) is -3.79. The number of benzene rings is 2. The highest BCUT2D eigenvalue weighted by Gasteiger charge is 2.44. The molecule has 0 saturated heterocycles. The molecule has 4 rings (SSSR count). The van der Waals surface area contributed by atoms with Crippen LogP contribution in [0.1, 0.15) is 11.6 Å². The molecule has 0 radical (unpaired) electrons. The molecule has 0 aromatic heterocycles. The molecule has 0 aliphatic carbocycles. The van der Waals surface area contributed by atoms with Crippen LogP contribution in [0, 0.1) is 5.82 Å². The van der Waals surface area contributed by atoms with E-state index in [4.69, 9.17) is 5.73 Å². The number of nitrogens with zero attached hydrogens (tertiary/aromatic N) is 2. The van der Waals surface area contributed by atoms with Gasteiger partial charge in [-0.1, -0.05) is 6.07 Å². The maximum atomic E-state index is 14.4. The van der Waals surface area contributed by atoms with E-state index in [1.165, 1.54) is 37.4 Å². The van der Waals surface area contributed by atoms with Gasteiger partial charge in [0.15, 0.2) is 11.5 Å². The number of anilines is 2. The fraction of sp³-hybridized carbons (Fsp3) is 0.235. The van der Waals surface area contributed by atoms with Crippen LogP contribution in [0.5, 0.6) is 11.5 Å². The number of nitrogens with one attached hydrogen (secondary N) is 1. The highest BCUT2D eigenvalue weighted by Crippen LogP contribution is 2.46. The number of hydrogen-bond acceptors (Lipinski definition) is 7. The van der Waals surface area contributed by atoms with Crippen LogP contribution in [0.4, 0.5) is 24.5 Å². The van der Waals surface area contributed by atoms with E-state index in [1.54, 1.807) is 0 Å². The molecule has 8 nitrogen and oxygen atoms in total. The van der Waals surface area contributed by atoms with Gasteiger partial charge in [-0.15, -0.1) is 8.78 Å². The lowest BCUT2D eigenvalue weighted by Gasteiger charge is -2.27. The van der Waals surface area contributed by atoms with E-state index in [2.05, 4.69) is 19.8 Å². The molecule has 2 aromatic rings. The summed E-state index contributed by atoms with van der Waals surface area (Å²) in [4.78, 5) is 4.04. The van der Waals surface area contributed by atoms with Crippen LogP contribution >= 0.6 is 0 Å². The van der Waals surface area contributed by atoms with E-state index in [0.717, 1.165) is 10.4 Å². The Balaban J connectivity index is 1.67. The third kappa shape index (κ3) is 3.50. The van der Waals surface area contributed by atoms with Crippen molar-refractivity contribution in [3.05, 3.63) is 47.8 Å². The number of aliphatic imine (C=N–C) groups is 1. The Morgan fingerprint density at radius 1 is 1.28 bits per heavy atom. The molecule has 154 valence electrons. The maximum absolute atomic E-state index is 14.4. The van der Waals surface area contributed by atoms with Gasteiger partial charge in [0, 0.05) is 18.3 Å². The molecule has 0 spiro atoms. The number of hydrogen-bond donors (Lipinski definition) is 2. The van der Waals surface area contributed by atoms with Gasteiger partial charge in [-0.05, 0) is 30.3 Å². The van der Waals surface area contributed by atoms with Gasteiger partial charge in [0.2, 0.25) is 16.0 Å². The number of fused-ring (bicyclic) bond motifs is 1. The van der Waals surface area contributed by atoms with Crippen molar-refractivity contribution in [1.29, 1.82) is 0 Å². The SMILES string of the molecule is CN1C(N)=NC(c2cc(Nc3cccc4c3OC(F)(F)O4)ccc2F)CS1(=O)=O. The molecule has 3 N–H and O–H groups in total. The molecule has 0 saturated carbocycles. The number of rotatable bonds is 3. The molecular formula is C17H15F3N4O4S. The smallest absolute Gasteiger partial charge is 0.395 e. The van der Waals surface area contributed by atoms with Gasteiger partial charge in [0.25, 0.3) is 0 Å². The molecular weight excluding hydrogens is 413 g/mol. The van der Waals surface area contributed by atoms with Gasteiger partial charge in [0.05, 0.1) is 17.5 Å². The lowest BCUT2D eigenvalue weighted by Crippen LogP contribution is -2.45. The highest BCUT2D eigenvalue weighted by molar-refractivity contribution is 7.89. The summed E-state index contributed by atoms with van der Waals surface area (Å²) in [7, 11) is -2.49. The fourth-order valence-corrected chi connectivity index (χ4v) is 4.20. The van der Waals surface area contributed by atoms with Gasteiger partial charge in [-0.2, -0.15) is 0 Å². The summed E-state index contributed by atoms with van der Waals surface area (Å²) < 4.78 is 75.2. The lowest BCUT2D eigenvalue weighted by molar-refractivity contribution is -0.286. The molecule has 1 unspecified atom stereocenters. The molecule has 2 aromatic carbocycles. The van der Waals surface area contributed by atoms with Crippen molar-refractivity contribution in [3.63, 3.8) is 0 Å². The zero-order valence-electron chi connectivity index (χ0n) is 14.9. The lowest BCUT2D eigenvalue weighted by atomic mass is 10.1. The third-order valence-electron chi connectivity index (χ3n) is 4.46. The van der Waals surface area contributed by atoms with Crippen LogP contribution in [0.25, 0.3) is 0 Å². The molecule has 0 amide bonds. The number of para-hydroxylation sites is 1. The van der Waals surface area contributed by atoms with Crippen molar-refractivity contribution >= 4 is 27.4 Å². The zero-order valence-corrected chi connectivity index (χ0v) is 15.7. The topological polar surface area (TPSA) is 106 Å². The van der Waals surface area contributed by atoms with Crippen molar-refractivity contribution in [2.24, 2.45) is 10.7 Å².